The summed E-state index contributed by atoms with van der Waals surface area (Å²) in [5, 5.41) is 7.36. The Kier molecular flexibility index (Phi) is 4.65. The van der Waals surface area contributed by atoms with E-state index >= 15 is 0 Å². The van der Waals surface area contributed by atoms with Crippen molar-refractivity contribution in [3.63, 3.8) is 0 Å². The van der Waals surface area contributed by atoms with Crippen LogP contribution in [0.2, 0.25) is 0 Å². The summed E-state index contributed by atoms with van der Waals surface area (Å²) in [4.78, 5) is 2.34. The Morgan fingerprint density at radius 3 is 2.90 bits per heavy atom. The van der Waals surface area contributed by atoms with Crippen molar-refractivity contribution in [2.75, 3.05) is 13.1 Å². The number of nitrogens with two attached hydrogens (primary N) is 1. The van der Waals surface area contributed by atoms with Crippen molar-refractivity contribution >= 4 is 5.84 Å². The van der Waals surface area contributed by atoms with Gasteiger partial charge in [-0.2, -0.15) is 0 Å². The molecule has 0 spiro atoms. The van der Waals surface area contributed by atoms with Gasteiger partial charge in [0.2, 0.25) is 0 Å². The minimum absolute atomic E-state index is 0.209. The predicted octanol–water partition coefficient (Wildman–Crippen LogP) is 2.33. The fraction of sp³-hybridized carbons (Fsp3) is 0.562. The van der Waals surface area contributed by atoms with Crippen LogP contribution in [0.25, 0.3) is 0 Å². The topological polar surface area (TPSA) is 62.3 Å². The standard InChI is InChI=1S/C16H25N3O/c1-11(2)19(7-6-16(17)18)10-14-9-13-8-12(3)4-5-15(13)20-14/h4-5,8,11,14H,6-7,9-10H2,1-3H3,(H3,17,18). The Balaban J connectivity index is 1.94. The zero-order valence-corrected chi connectivity index (χ0v) is 12.6. The first-order valence-corrected chi connectivity index (χ1v) is 7.29. The molecule has 0 fully saturated rings. The highest BCUT2D eigenvalue weighted by atomic mass is 16.5. The summed E-state index contributed by atoms with van der Waals surface area (Å²) in [7, 11) is 0. The molecule has 1 aromatic carbocycles. The minimum atomic E-state index is 0.209. The Labute approximate surface area is 121 Å². The second-order valence-electron chi connectivity index (χ2n) is 5.92. The summed E-state index contributed by atoms with van der Waals surface area (Å²) in [6.45, 7) is 8.17. The predicted molar refractivity (Wildman–Crippen MR) is 82.5 cm³/mol. The molecule has 0 bridgehead atoms. The summed E-state index contributed by atoms with van der Waals surface area (Å²) >= 11 is 0. The van der Waals surface area contributed by atoms with E-state index in [2.05, 4.69) is 43.9 Å². The van der Waals surface area contributed by atoms with Gasteiger partial charge in [-0.1, -0.05) is 17.7 Å². The van der Waals surface area contributed by atoms with E-state index in [0.29, 0.717) is 12.5 Å². The molecule has 0 amide bonds. The number of nitrogens with one attached hydrogen (secondary N) is 1. The van der Waals surface area contributed by atoms with E-state index in [4.69, 9.17) is 15.9 Å². The molecule has 0 aliphatic carbocycles. The van der Waals surface area contributed by atoms with Crippen molar-refractivity contribution < 1.29 is 4.74 Å². The number of nitrogens with zero attached hydrogens (tertiary/aromatic N) is 1. The molecule has 1 unspecified atom stereocenters. The van der Waals surface area contributed by atoms with Crippen LogP contribution in [0.1, 0.15) is 31.4 Å². The largest absolute Gasteiger partial charge is 0.488 e. The summed E-state index contributed by atoms with van der Waals surface area (Å²) in [6, 6.07) is 6.81. The van der Waals surface area contributed by atoms with Crippen LogP contribution in [0.5, 0.6) is 5.75 Å². The first-order chi connectivity index (χ1) is 9.45. The van der Waals surface area contributed by atoms with Crippen LogP contribution in [-0.2, 0) is 6.42 Å². The van der Waals surface area contributed by atoms with Crippen molar-refractivity contribution in [2.24, 2.45) is 5.73 Å². The highest BCUT2D eigenvalue weighted by molar-refractivity contribution is 5.76. The average Bonchev–Trinajstić information content (AvgIpc) is 2.75. The van der Waals surface area contributed by atoms with E-state index in [9.17, 15) is 0 Å². The molecule has 20 heavy (non-hydrogen) atoms. The van der Waals surface area contributed by atoms with Gasteiger partial charge in [0.25, 0.3) is 0 Å². The Morgan fingerprint density at radius 1 is 1.50 bits per heavy atom. The molecule has 4 nitrogen and oxygen atoms in total. The number of hydrogen-bond donors (Lipinski definition) is 2. The summed E-state index contributed by atoms with van der Waals surface area (Å²) in [5.41, 5.74) is 8.05. The van der Waals surface area contributed by atoms with Crippen LogP contribution in [0.4, 0.5) is 0 Å². The number of hydrogen-bond acceptors (Lipinski definition) is 3. The van der Waals surface area contributed by atoms with Crippen LogP contribution < -0.4 is 10.5 Å². The Hall–Kier alpha value is -1.55. The number of benzene rings is 1. The smallest absolute Gasteiger partial charge is 0.123 e. The number of aryl methyl sites for hydroxylation is 1. The monoisotopic (exact) mass is 275 g/mol. The Morgan fingerprint density at radius 2 is 2.25 bits per heavy atom. The molecule has 1 aromatic rings. The van der Waals surface area contributed by atoms with Gasteiger partial charge in [0.1, 0.15) is 11.9 Å². The van der Waals surface area contributed by atoms with E-state index in [-0.39, 0.29) is 11.9 Å². The van der Waals surface area contributed by atoms with E-state index in [1.54, 1.807) is 0 Å². The highest BCUT2D eigenvalue weighted by Gasteiger charge is 2.25. The van der Waals surface area contributed by atoms with Gasteiger partial charge in [0.15, 0.2) is 0 Å². The Bertz CT molecular complexity index is 485. The zero-order valence-electron chi connectivity index (χ0n) is 12.6. The number of ether oxygens (including phenoxy) is 1. The summed E-state index contributed by atoms with van der Waals surface area (Å²) < 4.78 is 6.02. The van der Waals surface area contributed by atoms with Gasteiger partial charge in [-0.25, -0.2) is 0 Å². The minimum Gasteiger partial charge on any atom is -0.488 e. The summed E-state index contributed by atoms with van der Waals surface area (Å²) in [6.07, 6.45) is 1.80. The molecule has 1 aliphatic rings. The maximum Gasteiger partial charge on any atom is 0.123 e. The molecule has 0 saturated carbocycles. The van der Waals surface area contributed by atoms with Crippen molar-refractivity contribution in [1.29, 1.82) is 5.41 Å². The lowest BCUT2D eigenvalue weighted by atomic mass is 10.1. The zero-order chi connectivity index (χ0) is 14.7. The summed E-state index contributed by atoms with van der Waals surface area (Å²) in [5.74, 6) is 1.28. The van der Waals surface area contributed by atoms with E-state index < -0.39 is 0 Å². The molecule has 3 N–H and O–H groups in total. The molecule has 4 heteroatoms. The molecular formula is C16H25N3O. The van der Waals surface area contributed by atoms with Gasteiger partial charge in [-0.05, 0) is 32.4 Å². The number of amidine groups is 1. The first-order valence-electron chi connectivity index (χ1n) is 7.29. The van der Waals surface area contributed by atoms with Crippen LogP contribution in [0.3, 0.4) is 0 Å². The van der Waals surface area contributed by atoms with Gasteiger partial charge in [-0.3, -0.25) is 10.3 Å². The molecule has 1 aliphatic heterocycles. The second kappa shape index (κ2) is 6.27. The van der Waals surface area contributed by atoms with E-state index in [1.807, 2.05) is 0 Å². The second-order valence-corrected chi connectivity index (χ2v) is 5.92. The van der Waals surface area contributed by atoms with Gasteiger partial charge >= 0.3 is 0 Å². The molecule has 1 atom stereocenters. The quantitative estimate of drug-likeness (QED) is 0.619. The van der Waals surface area contributed by atoms with Crippen molar-refractivity contribution in [3.05, 3.63) is 29.3 Å². The molecule has 1 heterocycles. The lowest BCUT2D eigenvalue weighted by Gasteiger charge is -2.28. The van der Waals surface area contributed by atoms with Gasteiger partial charge in [-0.15, -0.1) is 0 Å². The van der Waals surface area contributed by atoms with Crippen molar-refractivity contribution in [3.8, 4) is 5.75 Å². The first kappa shape index (κ1) is 14.9. The third-order valence-electron chi connectivity index (χ3n) is 3.79. The van der Waals surface area contributed by atoms with Gasteiger partial charge in [0.05, 0.1) is 5.84 Å². The van der Waals surface area contributed by atoms with Gasteiger partial charge in [0, 0.05) is 32.0 Å². The van der Waals surface area contributed by atoms with E-state index in [0.717, 1.165) is 25.3 Å². The van der Waals surface area contributed by atoms with Crippen molar-refractivity contribution in [1.82, 2.24) is 4.90 Å². The maximum absolute atomic E-state index is 7.36. The molecule has 0 saturated heterocycles. The molecule has 0 radical (unpaired) electrons. The van der Waals surface area contributed by atoms with Crippen LogP contribution in [0, 0.1) is 12.3 Å². The van der Waals surface area contributed by atoms with Crippen LogP contribution in [0.15, 0.2) is 18.2 Å². The van der Waals surface area contributed by atoms with Gasteiger partial charge < -0.3 is 10.5 Å². The number of rotatable bonds is 6. The lowest BCUT2D eigenvalue weighted by Crippen LogP contribution is -2.40. The van der Waals surface area contributed by atoms with E-state index in [1.165, 1.54) is 11.1 Å². The highest BCUT2D eigenvalue weighted by Crippen LogP contribution is 2.30. The molecule has 110 valence electrons. The molecule has 0 aromatic heterocycles. The normalized spacial score (nSPS) is 17.4. The number of fused-ring (bicyclic) bond motifs is 1. The van der Waals surface area contributed by atoms with Crippen LogP contribution in [-0.4, -0.2) is 36.0 Å². The fourth-order valence-corrected chi connectivity index (χ4v) is 2.64. The maximum atomic E-state index is 7.36. The SMILES string of the molecule is Cc1ccc2c(c1)CC(CN(CCC(=N)N)C(C)C)O2. The third kappa shape index (κ3) is 3.73. The van der Waals surface area contributed by atoms with Crippen molar-refractivity contribution in [2.45, 2.75) is 45.8 Å². The third-order valence-corrected chi connectivity index (χ3v) is 3.79. The average molecular weight is 275 g/mol. The molecule has 2 rings (SSSR count). The molecular weight excluding hydrogens is 250 g/mol. The lowest BCUT2D eigenvalue weighted by molar-refractivity contribution is 0.130. The fourth-order valence-electron chi connectivity index (χ4n) is 2.64. The van der Waals surface area contributed by atoms with Crippen LogP contribution >= 0.6 is 0 Å².